The van der Waals surface area contributed by atoms with Crippen molar-refractivity contribution in [3.63, 3.8) is 0 Å². The molecule has 0 saturated carbocycles. The molecule has 1 heterocycles. The zero-order chi connectivity index (χ0) is 16.1. The molecule has 1 aliphatic heterocycles. The SMILES string of the molecule is CCCCC(C(C)c1ccccc1)C1C(=O)OC(=O)C1CC. The minimum Gasteiger partial charge on any atom is -0.393 e. The highest BCUT2D eigenvalue weighted by molar-refractivity contribution is 5.96. The monoisotopic (exact) mass is 302 g/mol. The van der Waals surface area contributed by atoms with Gasteiger partial charge in [0.15, 0.2) is 0 Å². The summed E-state index contributed by atoms with van der Waals surface area (Å²) in [6.45, 7) is 6.28. The molecule has 0 bridgehead atoms. The number of unbranched alkanes of at least 4 members (excludes halogenated alkanes) is 1. The summed E-state index contributed by atoms with van der Waals surface area (Å²) in [7, 11) is 0. The first kappa shape index (κ1) is 16.7. The normalized spacial score (nSPS) is 24.1. The number of carbonyl (C=O) groups is 2. The Morgan fingerprint density at radius 3 is 2.36 bits per heavy atom. The van der Waals surface area contributed by atoms with Crippen LogP contribution in [-0.4, -0.2) is 11.9 Å². The van der Waals surface area contributed by atoms with Gasteiger partial charge < -0.3 is 4.74 Å². The fraction of sp³-hybridized carbons (Fsp3) is 0.579. The van der Waals surface area contributed by atoms with E-state index in [0.717, 1.165) is 19.3 Å². The lowest BCUT2D eigenvalue weighted by Crippen LogP contribution is -2.30. The summed E-state index contributed by atoms with van der Waals surface area (Å²) < 4.78 is 4.95. The molecule has 0 aliphatic carbocycles. The van der Waals surface area contributed by atoms with E-state index in [1.807, 2.05) is 25.1 Å². The molecule has 1 aromatic rings. The van der Waals surface area contributed by atoms with Gasteiger partial charge in [0, 0.05) is 0 Å². The topological polar surface area (TPSA) is 43.4 Å². The molecule has 0 amide bonds. The molecule has 4 unspecified atom stereocenters. The van der Waals surface area contributed by atoms with Crippen molar-refractivity contribution in [3.05, 3.63) is 35.9 Å². The van der Waals surface area contributed by atoms with Crippen molar-refractivity contribution in [1.29, 1.82) is 0 Å². The van der Waals surface area contributed by atoms with Gasteiger partial charge >= 0.3 is 11.9 Å². The van der Waals surface area contributed by atoms with Crippen molar-refractivity contribution in [2.45, 2.75) is 52.4 Å². The number of esters is 2. The Balaban J connectivity index is 2.29. The summed E-state index contributed by atoms with van der Waals surface area (Å²) >= 11 is 0. The van der Waals surface area contributed by atoms with Crippen LogP contribution in [0.4, 0.5) is 0 Å². The van der Waals surface area contributed by atoms with Crippen molar-refractivity contribution < 1.29 is 14.3 Å². The summed E-state index contributed by atoms with van der Waals surface area (Å²) in [4.78, 5) is 24.2. The van der Waals surface area contributed by atoms with Crippen LogP contribution in [0.5, 0.6) is 0 Å². The van der Waals surface area contributed by atoms with Gasteiger partial charge in [-0.25, -0.2) is 0 Å². The third-order valence-corrected chi connectivity index (χ3v) is 4.97. The molecular weight excluding hydrogens is 276 g/mol. The fourth-order valence-electron chi connectivity index (χ4n) is 3.63. The molecule has 4 atom stereocenters. The minimum atomic E-state index is -0.334. The second-order valence-electron chi connectivity index (χ2n) is 6.29. The highest BCUT2D eigenvalue weighted by Gasteiger charge is 2.48. The van der Waals surface area contributed by atoms with Crippen molar-refractivity contribution in [2.24, 2.45) is 17.8 Å². The predicted molar refractivity (Wildman–Crippen MR) is 86.2 cm³/mol. The maximum atomic E-state index is 12.3. The van der Waals surface area contributed by atoms with E-state index < -0.39 is 0 Å². The summed E-state index contributed by atoms with van der Waals surface area (Å²) in [5.74, 6) is -0.823. The van der Waals surface area contributed by atoms with Gasteiger partial charge in [-0.2, -0.15) is 0 Å². The summed E-state index contributed by atoms with van der Waals surface area (Å²) in [5.41, 5.74) is 1.23. The van der Waals surface area contributed by atoms with Gasteiger partial charge in [-0.3, -0.25) is 9.59 Å². The molecule has 0 spiro atoms. The first-order valence-electron chi connectivity index (χ1n) is 8.40. The van der Waals surface area contributed by atoms with Crippen LogP contribution in [0.1, 0.15) is 57.9 Å². The van der Waals surface area contributed by atoms with E-state index in [2.05, 4.69) is 26.0 Å². The average Bonchev–Trinajstić information content (AvgIpc) is 2.82. The van der Waals surface area contributed by atoms with Crippen LogP contribution in [0.25, 0.3) is 0 Å². The number of cyclic esters (lactones) is 2. The Morgan fingerprint density at radius 1 is 1.09 bits per heavy atom. The van der Waals surface area contributed by atoms with Crippen LogP contribution >= 0.6 is 0 Å². The Morgan fingerprint density at radius 2 is 1.77 bits per heavy atom. The van der Waals surface area contributed by atoms with E-state index in [9.17, 15) is 9.59 Å². The van der Waals surface area contributed by atoms with E-state index in [1.165, 1.54) is 5.56 Å². The van der Waals surface area contributed by atoms with Crippen molar-refractivity contribution in [2.75, 3.05) is 0 Å². The molecule has 120 valence electrons. The van der Waals surface area contributed by atoms with E-state index in [1.54, 1.807) is 0 Å². The number of benzene rings is 1. The average molecular weight is 302 g/mol. The zero-order valence-corrected chi connectivity index (χ0v) is 13.7. The van der Waals surface area contributed by atoms with Crippen LogP contribution in [-0.2, 0) is 14.3 Å². The number of hydrogen-bond donors (Lipinski definition) is 0. The van der Waals surface area contributed by atoms with Crippen molar-refractivity contribution in [3.8, 4) is 0 Å². The van der Waals surface area contributed by atoms with Crippen molar-refractivity contribution >= 4 is 11.9 Å². The summed E-state index contributed by atoms with van der Waals surface area (Å²) in [6.07, 6.45) is 3.77. The Bertz CT molecular complexity index is 509. The number of rotatable bonds is 7. The number of ether oxygens (including phenoxy) is 1. The molecule has 1 aliphatic rings. The lowest BCUT2D eigenvalue weighted by Gasteiger charge is -2.30. The second kappa shape index (κ2) is 7.57. The molecule has 1 aromatic carbocycles. The molecular formula is C19H26O3. The maximum Gasteiger partial charge on any atom is 0.317 e. The fourth-order valence-corrected chi connectivity index (χ4v) is 3.63. The highest BCUT2D eigenvalue weighted by atomic mass is 16.6. The third kappa shape index (κ3) is 3.40. The minimum absolute atomic E-state index is 0.159. The quantitative estimate of drug-likeness (QED) is 0.556. The Labute approximate surface area is 133 Å². The Kier molecular flexibility index (Phi) is 5.76. The van der Waals surface area contributed by atoms with Crippen molar-refractivity contribution in [1.82, 2.24) is 0 Å². The van der Waals surface area contributed by atoms with Crippen LogP contribution < -0.4 is 0 Å². The first-order valence-corrected chi connectivity index (χ1v) is 8.40. The molecule has 0 N–H and O–H groups in total. The van der Waals surface area contributed by atoms with E-state index >= 15 is 0 Å². The molecule has 2 rings (SSSR count). The van der Waals surface area contributed by atoms with Crippen LogP contribution in [0.2, 0.25) is 0 Å². The summed E-state index contributed by atoms with van der Waals surface area (Å²) in [6, 6.07) is 10.3. The predicted octanol–water partition coefficient (Wildman–Crippen LogP) is 4.32. The molecule has 22 heavy (non-hydrogen) atoms. The molecule has 1 saturated heterocycles. The van der Waals surface area contributed by atoms with Gasteiger partial charge in [0.1, 0.15) is 0 Å². The van der Waals surface area contributed by atoms with Crippen LogP contribution in [0.3, 0.4) is 0 Å². The van der Waals surface area contributed by atoms with E-state index in [4.69, 9.17) is 4.74 Å². The third-order valence-electron chi connectivity index (χ3n) is 4.97. The lowest BCUT2D eigenvalue weighted by molar-refractivity contribution is -0.154. The van der Waals surface area contributed by atoms with Gasteiger partial charge in [0.2, 0.25) is 0 Å². The molecule has 0 radical (unpaired) electrons. The maximum absolute atomic E-state index is 12.3. The largest absolute Gasteiger partial charge is 0.393 e. The lowest BCUT2D eigenvalue weighted by atomic mass is 9.71. The number of carbonyl (C=O) groups excluding carboxylic acids is 2. The van der Waals surface area contributed by atoms with Crippen LogP contribution in [0, 0.1) is 17.8 Å². The molecule has 3 nitrogen and oxygen atoms in total. The smallest absolute Gasteiger partial charge is 0.317 e. The first-order chi connectivity index (χ1) is 10.6. The Hall–Kier alpha value is -1.64. The van der Waals surface area contributed by atoms with E-state index in [-0.39, 0.29) is 35.6 Å². The number of hydrogen-bond acceptors (Lipinski definition) is 3. The van der Waals surface area contributed by atoms with Gasteiger partial charge in [-0.15, -0.1) is 0 Å². The molecule has 3 heteroatoms. The zero-order valence-electron chi connectivity index (χ0n) is 13.7. The van der Waals surface area contributed by atoms with Gasteiger partial charge in [-0.1, -0.05) is 63.9 Å². The molecule has 0 aromatic heterocycles. The van der Waals surface area contributed by atoms with Gasteiger partial charge in [0.05, 0.1) is 11.8 Å². The summed E-state index contributed by atoms with van der Waals surface area (Å²) in [5, 5.41) is 0. The second-order valence-corrected chi connectivity index (χ2v) is 6.29. The molecule has 1 fully saturated rings. The van der Waals surface area contributed by atoms with Gasteiger partial charge in [0.25, 0.3) is 0 Å². The van der Waals surface area contributed by atoms with E-state index in [0.29, 0.717) is 6.42 Å². The van der Waals surface area contributed by atoms with Crippen LogP contribution in [0.15, 0.2) is 30.3 Å². The van der Waals surface area contributed by atoms with Gasteiger partial charge in [-0.05, 0) is 30.2 Å². The standard InChI is InChI=1S/C19H26O3/c1-4-6-12-16(13(3)14-10-8-7-9-11-14)17-15(5-2)18(20)22-19(17)21/h7-11,13,15-17H,4-6,12H2,1-3H3. The highest BCUT2D eigenvalue weighted by Crippen LogP contribution is 2.42.